The van der Waals surface area contributed by atoms with Gasteiger partial charge in [-0.1, -0.05) is 194 Å². The summed E-state index contributed by atoms with van der Waals surface area (Å²) in [7, 11) is 0. The minimum Gasteiger partial charge on any atom is -0.380 e. The molecule has 0 saturated heterocycles. The molecule has 0 fully saturated rings. The molecule has 0 atom stereocenters. The van der Waals surface area contributed by atoms with Gasteiger partial charge in [-0.3, -0.25) is 4.90 Å². The van der Waals surface area contributed by atoms with Crippen molar-refractivity contribution in [1.82, 2.24) is 4.90 Å². The van der Waals surface area contributed by atoms with Crippen LogP contribution in [0.25, 0.3) is 0 Å². The first-order chi connectivity index (χ1) is 22.8. The monoisotopic (exact) mass is 654 g/mol. The van der Waals surface area contributed by atoms with Crippen LogP contribution in [0.2, 0.25) is 0 Å². The Labute approximate surface area is 291 Å². The zero-order valence-corrected chi connectivity index (χ0v) is 32.2. The maximum atomic E-state index is 6.05. The molecule has 4 heteroatoms. The van der Waals surface area contributed by atoms with Crippen LogP contribution in [0.15, 0.2) is 0 Å². The van der Waals surface area contributed by atoms with Crippen molar-refractivity contribution in [3.05, 3.63) is 0 Å². The first kappa shape index (κ1) is 45.8. The van der Waals surface area contributed by atoms with E-state index in [-0.39, 0.29) is 0 Å². The van der Waals surface area contributed by atoms with E-state index in [1.807, 2.05) is 0 Å². The third-order valence-corrected chi connectivity index (χ3v) is 9.58. The van der Waals surface area contributed by atoms with E-state index < -0.39 is 0 Å². The highest BCUT2D eigenvalue weighted by Gasteiger charge is 2.06. The van der Waals surface area contributed by atoms with Gasteiger partial charge < -0.3 is 14.2 Å². The Hall–Kier alpha value is -0.160. The number of hydrogen-bond donors (Lipinski definition) is 0. The summed E-state index contributed by atoms with van der Waals surface area (Å²) in [5.41, 5.74) is 0. The summed E-state index contributed by atoms with van der Waals surface area (Å²) in [4.78, 5) is 2.50. The quantitative estimate of drug-likeness (QED) is 0.0613. The van der Waals surface area contributed by atoms with Gasteiger partial charge in [0.15, 0.2) is 0 Å². The molecule has 0 rings (SSSR count). The molecule has 0 aromatic heterocycles. The van der Waals surface area contributed by atoms with Gasteiger partial charge in [0.05, 0.1) is 19.8 Å². The second-order valence-corrected chi connectivity index (χ2v) is 14.2. The van der Waals surface area contributed by atoms with Crippen LogP contribution in [0.4, 0.5) is 0 Å². The minimum atomic E-state index is 0.828. The Bertz CT molecular complexity index is 446. The van der Waals surface area contributed by atoms with E-state index in [0.29, 0.717) is 0 Å². The highest BCUT2D eigenvalue weighted by molar-refractivity contribution is 4.58. The van der Waals surface area contributed by atoms with Crippen LogP contribution >= 0.6 is 0 Å². The zero-order valence-electron chi connectivity index (χ0n) is 32.2. The molecule has 0 aromatic carbocycles. The largest absolute Gasteiger partial charge is 0.380 e. The van der Waals surface area contributed by atoms with Crippen LogP contribution in [-0.4, -0.2) is 64.2 Å². The summed E-state index contributed by atoms with van der Waals surface area (Å²) >= 11 is 0. The molecule has 0 heterocycles. The predicted molar refractivity (Wildman–Crippen MR) is 204 cm³/mol. The Morgan fingerprint density at radius 1 is 0.239 bits per heavy atom. The second-order valence-electron chi connectivity index (χ2n) is 14.2. The predicted octanol–water partition coefficient (Wildman–Crippen LogP) is 13.1. The third kappa shape index (κ3) is 40.0. The Kier molecular flexibility index (Phi) is 42.7. The van der Waals surface area contributed by atoms with Crippen molar-refractivity contribution in [3.63, 3.8) is 0 Å². The Balaban J connectivity index is 3.91. The summed E-state index contributed by atoms with van der Waals surface area (Å²) in [5.74, 6) is 0. The molecule has 0 bridgehead atoms. The normalized spacial score (nSPS) is 11.7. The van der Waals surface area contributed by atoms with Crippen molar-refractivity contribution < 1.29 is 14.2 Å². The van der Waals surface area contributed by atoms with Crippen LogP contribution in [0.3, 0.4) is 0 Å². The van der Waals surface area contributed by atoms with Gasteiger partial charge in [0, 0.05) is 39.5 Å². The van der Waals surface area contributed by atoms with Gasteiger partial charge in [-0.05, 0) is 19.3 Å². The van der Waals surface area contributed by atoms with Crippen molar-refractivity contribution in [2.45, 2.75) is 213 Å². The number of hydrogen-bond acceptors (Lipinski definition) is 4. The molecule has 0 aromatic rings. The molecule has 278 valence electrons. The average molecular weight is 654 g/mol. The molecule has 0 aliphatic rings. The smallest absolute Gasteiger partial charge is 0.0593 e. The van der Waals surface area contributed by atoms with Crippen molar-refractivity contribution in [1.29, 1.82) is 0 Å². The van der Waals surface area contributed by atoms with Crippen molar-refractivity contribution in [3.8, 4) is 0 Å². The number of unbranched alkanes of at least 4 members (excludes halogenated alkanes) is 27. The van der Waals surface area contributed by atoms with Gasteiger partial charge in [-0.25, -0.2) is 0 Å². The minimum absolute atomic E-state index is 0.828. The third-order valence-electron chi connectivity index (χ3n) is 9.58. The van der Waals surface area contributed by atoms with Gasteiger partial charge in [0.2, 0.25) is 0 Å². The van der Waals surface area contributed by atoms with Gasteiger partial charge in [-0.15, -0.1) is 0 Å². The lowest BCUT2D eigenvalue weighted by atomic mass is 10.1. The maximum Gasteiger partial charge on any atom is 0.0593 e. The van der Waals surface area contributed by atoms with E-state index in [1.165, 1.54) is 193 Å². The average Bonchev–Trinajstić information content (AvgIpc) is 3.07. The molecule has 0 aliphatic carbocycles. The maximum absolute atomic E-state index is 6.05. The second kappa shape index (κ2) is 42.9. The van der Waals surface area contributed by atoms with E-state index in [2.05, 4.69) is 25.7 Å². The van der Waals surface area contributed by atoms with Crippen molar-refractivity contribution in [2.24, 2.45) is 0 Å². The lowest BCUT2D eigenvalue weighted by Crippen LogP contribution is -2.34. The van der Waals surface area contributed by atoms with Crippen LogP contribution in [0.5, 0.6) is 0 Å². The molecule has 0 saturated carbocycles. The fraction of sp³-hybridized carbons (Fsp3) is 1.00. The van der Waals surface area contributed by atoms with E-state index in [1.54, 1.807) is 0 Å². The van der Waals surface area contributed by atoms with E-state index in [4.69, 9.17) is 14.2 Å². The molecule has 0 spiro atoms. The molecular formula is C42H87NO3. The lowest BCUT2D eigenvalue weighted by molar-refractivity contribution is 0.0506. The van der Waals surface area contributed by atoms with Gasteiger partial charge in [-0.2, -0.15) is 0 Å². The van der Waals surface area contributed by atoms with Crippen LogP contribution in [-0.2, 0) is 14.2 Å². The van der Waals surface area contributed by atoms with E-state index in [9.17, 15) is 0 Å². The number of ether oxygens (including phenoxy) is 3. The molecule has 0 aliphatic heterocycles. The summed E-state index contributed by atoms with van der Waals surface area (Å²) in [5, 5.41) is 0. The van der Waals surface area contributed by atoms with Crippen LogP contribution in [0.1, 0.15) is 213 Å². The SMILES string of the molecule is CCCCCCCCCCCCOCCN(CCOCCCCCCCCCCCC)CCOCCCCCCCCCCCC. The summed E-state index contributed by atoms with van der Waals surface area (Å²) in [6.07, 6.45) is 41.3. The molecular weight excluding hydrogens is 566 g/mol. The van der Waals surface area contributed by atoms with Gasteiger partial charge >= 0.3 is 0 Å². The van der Waals surface area contributed by atoms with Crippen LogP contribution < -0.4 is 0 Å². The lowest BCUT2D eigenvalue weighted by Gasteiger charge is -2.22. The highest BCUT2D eigenvalue weighted by atomic mass is 16.5. The van der Waals surface area contributed by atoms with Crippen molar-refractivity contribution >= 4 is 0 Å². The fourth-order valence-electron chi connectivity index (χ4n) is 6.30. The highest BCUT2D eigenvalue weighted by Crippen LogP contribution is 2.13. The topological polar surface area (TPSA) is 30.9 Å². The molecule has 0 unspecified atom stereocenters. The van der Waals surface area contributed by atoms with Crippen molar-refractivity contribution in [2.75, 3.05) is 59.3 Å². The molecule has 0 radical (unpaired) electrons. The first-order valence-electron chi connectivity index (χ1n) is 21.3. The molecule has 0 amide bonds. The fourth-order valence-corrected chi connectivity index (χ4v) is 6.30. The number of rotatable bonds is 42. The summed E-state index contributed by atoms with van der Waals surface area (Å²) < 4.78 is 18.2. The van der Waals surface area contributed by atoms with Crippen LogP contribution in [0, 0.1) is 0 Å². The Morgan fingerprint density at radius 2 is 0.435 bits per heavy atom. The standard InChI is InChI=1S/C42H87NO3/c1-4-7-10-13-16-19-22-25-28-31-37-44-40-34-43(35-41-45-38-32-29-26-23-20-17-14-11-8-5-2)36-42-46-39-33-30-27-24-21-18-15-12-9-6-3/h4-42H2,1-3H3. The molecule has 46 heavy (non-hydrogen) atoms. The summed E-state index contributed by atoms with van der Waals surface area (Å²) in [6, 6.07) is 0. The Morgan fingerprint density at radius 3 is 0.652 bits per heavy atom. The summed E-state index contributed by atoms with van der Waals surface area (Å²) in [6.45, 7) is 15.1. The van der Waals surface area contributed by atoms with Gasteiger partial charge in [0.25, 0.3) is 0 Å². The first-order valence-corrected chi connectivity index (χ1v) is 21.3. The molecule has 4 nitrogen and oxygen atoms in total. The van der Waals surface area contributed by atoms with E-state index >= 15 is 0 Å². The molecule has 0 N–H and O–H groups in total. The van der Waals surface area contributed by atoms with Gasteiger partial charge in [0.1, 0.15) is 0 Å². The number of nitrogens with zero attached hydrogens (tertiary/aromatic N) is 1. The van der Waals surface area contributed by atoms with E-state index in [0.717, 1.165) is 59.3 Å². The zero-order chi connectivity index (χ0) is 33.3.